The average molecular weight is 362 g/mol. The third-order valence-electron chi connectivity index (χ3n) is 3.13. The number of carbonyl (C=O) groups excluding carboxylic acids is 1. The molecule has 6 nitrogen and oxygen atoms in total. The fraction of sp³-hybridized carbons (Fsp3) is 0.188. The molecule has 0 amide bonds. The van der Waals surface area contributed by atoms with E-state index in [1.165, 1.54) is 23.1 Å². The quantitative estimate of drug-likeness (QED) is 0.467. The van der Waals surface area contributed by atoms with E-state index in [9.17, 15) is 4.79 Å². The topological polar surface area (TPSA) is 74.5 Å². The van der Waals surface area contributed by atoms with Crippen molar-refractivity contribution in [3.05, 3.63) is 40.6 Å². The van der Waals surface area contributed by atoms with Gasteiger partial charge in [0.05, 0.1) is 24.8 Å². The third kappa shape index (κ3) is 3.77. The number of Topliss-reactive ketones (excluding diaryl/α,β-unsaturated/α-hetero) is 1. The van der Waals surface area contributed by atoms with E-state index in [1.807, 2.05) is 11.4 Å². The lowest BCUT2D eigenvalue weighted by Gasteiger charge is -2.05. The molecule has 0 N–H and O–H groups in total. The van der Waals surface area contributed by atoms with Crippen LogP contribution >= 0.6 is 23.1 Å². The Morgan fingerprint density at radius 3 is 2.58 bits per heavy atom. The summed E-state index contributed by atoms with van der Waals surface area (Å²) in [6.07, 6.45) is 0. The minimum Gasteiger partial charge on any atom is -0.497 e. The molecular formula is C16H14N2O4S2. The van der Waals surface area contributed by atoms with Crippen molar-refractivity contribution in [3.63, 3.8) is 0 Å². The summed E-state index contributed by atoms with van der Waals surface area (Å²) in [7, 11) is 3.15. The van der Waals surface area contributed by atoms with Crippen LogP contribution in [0.3, 0.4) is 0 Å². The highest BCUT2D eigenvalue weighted by Gasteiger charge is 2.14. The molecule has 0 spiro atoms. The summed E-state index contributed by atoms with van der Waals surface area (Å²) in [6.45, 7) is 0. The Hall–Kier alpha value is -2.32. The number of ketones is 1. The fourth-order valence-corrected chi connectivity index (χ4v) is 3.35. The van der Waals surface area contributed by atoms with Crippen LogP contribution in [0.25, 0.3) is 11.5 Å². The van der Waals surface area contributed by atoms with Crippen molar-refractivity contribution >= 4 is 28.9 Å². The van der Waals surface area contributed by atoms with E-state index in [-0.39, 0.29) is 11.5 Å². The van der Waals surface area contributed by atoms with Crippen molar-refractivity contribution in [1.82, 2.24) is 10.2 Å². The molecule has 0 aliphatic heterocycles. The van der Waals surface area contributed by atoms with E-state index < -0.39 is 0 Å². The van der Waals surface area contributed by atoms with Gasteiger partial charge in [-0.15, -0.1) is 21.5 Å². The summed E-state index contributed by atoms with van der Waals surface area (Å²) in [5.41, 5.74) is 0.690. The molecule has 0 aliphatic rings. The number of ether oxygens (including phenoxy) is 2. The Balaban J connectivity index is 1.72. The summed E-state index contributed by atoms with van der Waals surface area (Å²) in [5, 5.41) is 10.2. The van der Waals surface area contributed by atoms with Gasteiger partial charge in [0.25, 0.3) is 5.22 Å². The molecule has 8 heteroatoms. The predicted molar refractivity (Wildman–Crippen MR) is 92.2 cm³/mol. The maximum absolute atomic E-state index is 12.0. The van der Waals surface area contributed by atoms with Gasteiger partial charge in [0.2, 0.25) is 5.89 Å². The van der Waals surface area contributed by atoms with Gasteiger partial charge in [0, 0.05) is 11.6 Å². The molecule has 0 radical (unpaired) electrons. The van der Waals surface area contributed by atoms with Gasteiger partial charge in [-0.2, -0.15) is 0 Å². The molecule has 0 atom stereocenters. The molecule has 0 saturated heterocycles. The van der Waals surface area contributed by atoms with E-state index in [0.717, 1.165) is 4.88 Å². The third-order valence-corrected chi connectivity index (χ3v) is 4.86. The lowest BCUT2D eigenvalue weighted by molar-refractivity contribution is 0.102. The largest absolute Gasteiger partial charge is 0.497 e. The number of thiophene rings is 1. The zero-order chi connectivity index (χ0) is 16.9. The van der Waals surface area contributed by atoms with Crippen LogP contribution in [-0.4, -0.2) is 36.0 Å². The summed E-state index contributed by atoms with van der Waals surface area (Å²) in [5.74, 6) is 1.90. The first-order chi connectivity index (χ1) is 11.7. The second-order valence-corrected chi connectivity index (χ2v) is 6.54. The maximum atomic E-state index is 12.0. The molecule has 24 heavy (non-hydrogen) atoms. The van der Waals surface area contributed by atoms with Crippen molar-refractivity contribution in [1.29, 1.82) is 0 Å². The first kappa shape index (κ1) is 16.5. The van der Waals surface area contributed by atoms with Crippen LogP contribution in [0.5, 0.6) is 11.5 Å². The van der Waals surface area contributed by atoms with Crippen molar-refractivity contribution < 1.29 is 18.7 Å². The highest BCUT2D eigenvalue weighted by Crippen LogP contribution is 2.30. The van der Waals surface area contributed by atoms with Gasteiger partial charge in [0.15, 0.2) is 5.78 Å². The molecule has 0 fully saturated rings. The highest BCUT2D eigenvalue weighted by molar-refractivity contribution is 7.99. The number of thioether (sulfide) groups is 1. The Labute approximate surface area is 146 Å². The lowest BCUT2D eigenvalue weighted by Crippen LogP contribution is -1.98. The fourth-order valence-electron chi connectivity index (χ4n) is 1.95. The SMILES string of the molecule is COc1cc(OC)cc(-c2nnc(SCC(=O)c3cccs3)o2)c1. The number of rotatable bonds is 7. The van der Waals surface area contributed by atoms with Gasteiger partial charge < -0.3 is 13.9 Å². The molecule has 0 saturated carbocycles. The Morgan fingerprint density at radius 1 is 1.21 bits per heavy atom. The van der Waals surface area contributed by atoms with E-state index in [0.29, 0.717) is 28.2 Å². The Kier molecular flexibility index (Phi) is 5.17. The molecule has 124 valence electrons. The molecule has 1 aromatic carbocycles. The van der Waals surface area contributed by atoms with Crippen LogP contribution in [0, 0.1) is 0 Å². The van der Waals surface area contributed by atoms with Crippen LogP contribution in [-0.2, 0) is 0 Å². The number of methoxy groups -OCH3 is 2. The standard InChI is InChI=1S/C16H14N2O4S2/c1-20-11-6-10(7-12(8-11)21-2)15-17-18-16(22-15)24-9-13(19)14-4-3-5-23-14/h3-8H,9H2,1-2H3. The maximum Gasteiger partial charge on any atom is 0.277 e. The van der Waals surface area contributed by atoms with Gasteiger partial charge in [-0.3, -0.25) is 4.79 Å². The molecular weight excluding hydrogens is 348 g/mol. The molecule has 2 aromatic heterocycles. The van der Waals surface area contributed by atoms with E-state index in [4.69, 9.17) is 13.9 Å². The van der Waals surface area contributed by atoms with Crippen molar-refractivity contribution in [3.8, 4) is 23.0 Å². The van der Waals surface area contributed by atoms with Crippen LogP contribution in [0.2, 0.25) is 0 Å². The Morgan fingerprint density at radius 2 is 1.96 bits per heavy atom. The molecule has 3 aromatic rings. The van der Waals surface area contributed by atoms with Gasteiger partial charge in [-0.05, 0) is 23.6 Å². The zero-order valence-electron chi connectivity index (χ0n) is 13.0. The lowest BCUT2D eigenvalue weighted by atomic mass is 10.2. The first-order valence-corrected chi connectivity index (χ1v) is 8.82. The molecule has 0 aliphatic carbocycles. The van der Waals surface area contributed by atoms with Crippen LogP contribution in [0.15, 0.2) is 45.4 Å². The van der Waals surface area contributed by atoms with Crippen LogP contribution in [0.1, 0.15) is 9.67 Å². The number of hydrogen-bond donors (Lipinski definition) is 0. The summed E-state index contributed by atoms with van der Waals surface area (Å²) < 4.78 is 16.1. The monoisotopic (exact) mass is 362 g/mol. The van der Waals surface area contributed by atoms with E-state index in [1.54, 1.807) is 38.5 Å². The van der Waals surface area contributed by atoms with Crippen molar-refractivity contribution in [2.45, 2.75) is 5.22 Å². The summed E-state index contributed by atoms with van der Waals surface area (Å²) >= 11 is 2.64. The average Bonchev–Trinajstić information content (AvgIpc) is 3.30. The second kappa shape index (κ2) is 7.50. The second-order valence-electron chi connectivity index (χ2n) is 4.66. The number of hydrogen-bond acceptors (Lipinski definition) is 8. The van der Waals surface area contributed by atoms with E-state index >= 15 is 0 Å². The van der Waals surface area contributed by atoms with Crippen molar-refractivity contribution in [2.75, 3.05) is 20.0 Å². The van der Waals surface area contributed by atoms with E-state index in [2.05, 4.69) is 10.2 Å². The van der Waals surface area contributed by atoms with Gasteiger partial charge in [0.1, 0.15) is 11.5 Å². The minimum atomic E-state index is 0.0396. The molecule has 0 unspecified atom stereocenters. The normalized spacial score (nSPS) is 10.6. The zero-order valence-corrected chi connectivity index (χ0v) is 14.6. The number of aromatic nitrogens is 2. The van der Waals surface area contributed by atoms with Gasteiger partial charge in [-0.25, -0.2) is 0 Å². The smallest absolute Gasteiger partial charge is 0.277 e. The van der Waals surface area contributed by atoms with Crippen molar-refractivity contribution in [2.24, 2.45) is 0 Å². The number of carbonyl (C=O) groups is 1. The molecule has 2 heterocycles. The first-order valence-electron chi connectivity index (χ1n) is 6.96. The number of benzene rings is 1. The van der Waals surface area contributed by atoms with Crippen LogP contribution < -0.4 is 9.47 Å². The Bertz CT molecular complexity index is 808. The molecule has 3 rings (SSSR count). The van der Waals surface area contributed by atoms with Gasteiger partial charge in [-0.1, -0.05) is 17.8 Å². The predicted octanol–water partition coefficient (Wildman–Crippen LogP) is 3.79. The van der Waals surface area contributed by atoms with Crippen LogP contribution in [0.4, 0.5) is 0 Å². The van der Waals surface area contributed by atoms with Gasteiger partial charge >= 0.3 is 0 Å². The molecule has 0 bridgehead atoms. The summed E-state index contributed by atoms with van der Waals surface area (Å²) in [4.78, 5) is 12.7. The summed E-state index contributed by atoms with van der Waals surface area (Å²) in [6, 6.07) is 8.97. The minimum absolute atomic E-state index is 0.0396. The highest BCUT2D eigenvalue weighted by atomic mass is 32.2. The number of nitrogens with zero attached hydrogens (tertiary/aromatic N) is 2.